The molecule has 8 unspecified atom stereocenters. The predicted octanol–water partition coefficient (Wildman–Crippen LogP) is 8.16. The van der Waals surface area contributed by atoms with Crippen LogP contribution < -0.4 is 0 Å². The van der Waals surface area contributed by atoms with Gasteiger partial charge >= 0.3 is 0 Å². The molecule has 0 heterocycles. The van der Waals surface area contributed by atoms with Gasteiger partial charge in [0, 0.05) is 0 Å². The molecule has 4 rings (SSSR count). The fraction of sp³-hybridized carbons (Fsp3) is 0.926. The molecule has 0 saturated heterocycles. The van der Waals surface area contributed by atoms with Gasteiger partial charge in [-0.2, -0.15) is 4.91 Å². The van der Waals surface area contributed by atoms with Crippen molar-refractivity contribution >= 4 is 0 Å². The Bertz CT molecular complexity index is 638. The van der Waals surface area contributed by atoms with Gasteiger partial charge in [0.05, 0.1) is 6.04 Å². The van der Waals surface area contributed by atoms with Crippen molar-refractivity contribution in [1.29, 1.82) is 0 Å². The molecule has 29 heavy (non-hydrogen) atoms. The molecule has 0 aromatic heterocycles. The highest BCUT2D eigenvalue weighted by atomic mass is 16.3. The monoisotopic (exact) mass is 399 g/mol. The molecule has 0 aliphatic heterocycles. The smallest absolute Gasteiger partial charge is 0.0957 e. The van der Waals surface area contributed by atoms with Crippen LogP contribution in [0.2, 0.25) is 0 Å². The third kappa shape index (κ3) is 3.65. The maximum atomic E-state index is 11.1. The van der Waals surface area contributed by atoms with Crippen LogP contribution in [0, 0.1) is 51.2 Å². The molecule has 0 amide bonds. The molecule has 164 valence electrons. The number of hydrogen-bond donors (Lipinski definition) is 0. The summed E-state index contributed by atoms with van der Waals surface area (Å²) in [6.45, 7) is 12.5. The van der Waals surface area contributed by atoms with Crippen molar-refractivity contribution in [1.82, 2.24) is 0 Å². The van der Waals surface area contributed by atoms with Crippen molar-refractivity contribution in [2.75, 3.05) is 0 Å². The normalized spacial score (nSPS) is 45.2. The van der Waals surface area contributed by atoms with Gasteiger partial charge in [0.25, 0.3) is 0 Å². The minimum atomic E-state index is 0.0438. The van der Waals surface area contributed by atoms with Crippen LogP contribution in [-0.2, 0) is 0 Å². The van der Waals surface area contributed by atoms with Gasteiger partial charge in [-0.05, 0) is 97.7 Å². The molecule has 0 aromatic rings. The molecule has 4 aliphatic rings. The van der Waals surface area contributed by atoms with Crippen molar-refractivity contribution in [3.8, 4) is 0 Å². The van der Waals surface area contributed by atoms with Gasteiger partial charge in [-0.25, -0.2) is 0 Å². The van der Waals surface area contributed by atoms with E-state index in [9.17, 15) is 4.91 Å². The Labute approximate surface area is 179 Å². The summed E-state index contributed by atoms with van der Waals surface area (Å²) in [5.74, 6) is 5.33. The summed E-state index contributed by atoms with van der Waals surface area (Å²) in [6.07, 6.45) is 17.0. The molecule has 2 nitrogen and oxygen atoms in total. The fourth-order valence-electron chi connectivity index (χ4n) is 8.76. The van der Waals surface area contributed by atoms with E-state index in [4.69, 9.17) is 0 Å². The minimum Gasteiger partial charge on any atom is -0.151 e. The van der Waals surface area contributed by atoms with E-state index >= 15 is 0 Å². The van der Waals surface area contributed by atoms with Crippen LogP contribution >= 0.6 is 0 Å². The van der Waals surface area contributed by atoms with Crippen molar-refractivity contribution < 1.29 is 0 Å². The molecule has 3 saturated carbocycles. The van der Waals surface area contributed by atoms with E-state index in [1.807, 2.05) is 0 Å². The Morgan fingerprint density at radius 1 is 1.03 bits per heavy atom. The first kappa shape index (κ1) is 21.6. The maximum Gasteiger partial charge on any atom is 0.0957 e. The summed E-state index contributed by atoms with van der Waals surface area (Å²) in [5, 5.41) is 3.41. The molecule has 3 fully saturated rings. The molecule has 0 aromatic carbocycles. The summed E-state index contributed by atoms with van der Waals surface area (Å²) in [4.78, 5) is 11.1. The Kier molecular flexibility index (Phi) is 6.04. The largest absolute Gasteiger partial charge is 0.151 e. The van der Waals surface area contributed by atoms with Gasteiger partial charge in [-0.3, -0.25) is 0 Å². The highest BCUT2D eigenvalue weighted by Gasteiger charge is 2.59. The van der Waals surface area contributed by atoms with E-state index in [-0.39, 0.29) is 6.04 Å². The second kappa shape index (κ2) is 8.12. The highest BCUT2D eigenvalue weighted by Crippen LogP contribution is 2.67. The zero-order chi connectivity index (χ0) is 20.8. The lowest BCUT2D eigenvalue weighted by molar-refractivity contribution is -0.0508. The van der Waals surface area contributed by atoms with E-state index in [0.717, 1.165) is 48.3 Å². The fourth-order valence-corrected chi connectivity index (χ4v) is 8.76. The SMILES string of the molecule is CC(C)CCCC(C)C1CCC2C3CC=C4CC(N=O)CCC4(C)C3CCC12C. The third-order valence-corrected chi connectivity index (χ3v) is 10.4. The summed E-state index contributed by atoms with van der Waals surface area (Å²) in [5.41, 5.74) is 2.52. The van der Waals surface area contributed by atoms with Gasteiger partial charge in [0.1, 0.15) is 0 Å². The van der Waals surface area contributed by atoms with Crippen LogP contribution in [0.3, 0.4) is 0 Å². The average Bonchev–Trinajstić information content (AvgIpc) is 3.04. The Balaban J connectivity index is 1.49. The molecular formula is C27H45NO. The Hall–Kier alpha value is -0.660. The minimum absolute atomic E-state index is 0.0438. The lowest BCUT2D eigenvalue weighted by atomic mass is 9.47. The van der Waals surface area contributed by atoms with Crippen molar-refractivity contribution in [2.45, 2.75) is 111 Å². The molecule has 0 N–H and O–H groups in total. The number of nitroso groups, excluding NO2 is 1. The predicted molar refractivity (Wildman–Crippen MR) is 123 cm³/mol. The summed E-state index contributed by atoms with van der Waals surface area (Å²) in [7, 11) is 0. The molecule has 8 atom stereocenters. The van der Waals surface area contributed by atoms with Crippen molar-refractivity contribution in [3.63, 3.8) is 0 Å². The lowest BCUT2D eigenvalue weighted by Gasteiger charge is -2.58. The van der Waals surface area contributed by atoms with Crippen LogP contribution in [0.4, 0.5) is 0 Å². The summed E-state index contributed by atoms with van der Waals surface area (Å²) in [6, 6.07) is 0.0438. The first-order valence-electron chi connectivity index (χ1n) is 12.8. The molecule has 0 spiro atoms. The Morgan fingerprint density at radius 2 is 1.83 bits per heavy atom. The lowest BCUT2D eigenvalue weighted by Crippen LogP contribution is -2.50. The van der Waals surface area contributed by atoms with Crippen molar-refractivity contribution in [2.24, 2.45) is 51.5 Å². The second-order valence-corrected chi connectivity index (χ2v) is 12.3. The zero-order valence-corrected chi connectivity index (χ0v) is 19.8. The molecule has 4 aliphatic carbocycles. The first-order chi connectivity index (χ1) is 13.8. The highest BCUT2D eigenvalue weighted by molar-refractivity contribution is 5.26. The molecule has 0 radical (unpaired) electrons. The van der Waals surface area contributed by atoms with Crippen LogP contribution in [0.15, 0.2) is 16.8 Å². The maximum absolute atomic E-state index is 11.1. The molecular weight excluding hydrogens is 354 g/mol. The van der Waals surface area contributed by atoms with E-state index in [2.05, 4.69) is 45.9 Å². The van der Waals surface area contributed by atoms with Crippen LogP contribution in [0.25, 0.3) is 0 Å². The van der Waals surface area contributed by atoms with E-state index in [1.54, 1.807) is 5.57 Å². The summed E-state index contributed by atoms with van der Waals surface area (Å²) < 4.78 is 0. The summed E-state index contributed by atoms with van der Waals surface area (Å²) >= 11 is 0. The number of allylic oxidation sites excluding steroid dienone is 1. The first-order valence-corrected chi connectivity index (χ1v) is 12.8. The number of hydrogen-bond acceptors (Lipinski definition) is 2. The van der Waals surface area contributed by atoms with Crippen LogP contribution in [0.5, 0.6) is 0 Å². The van der Waals surface area contributed by atoms with E-state index in [1.165, 1.54) is 57.8 Å². The van der Waals surface area contributed by atoms with E-state index < -0.39 is 0 Å². The second-order valence-electron chi connectivity index (χ2n) is 12.3. The zero-order valence-electron chi connectivity index (χ0n) is 19.8. The van der Waals surface area contributed by atoms with Crippen LogP contribution in [0.1, 0.15) is 105 Å². The number of nitrogens with zero attached hydrogens (tertiary/aromatic N) is 1. The van der Waals surface area contributed by atoms with Gasteiger partial charge in [0.15, 0.2) is 0 Å². The van der Waals surface area contributed by atoms with E-state index in [0.29, 0.717) is 10.8 Å². The van der Waals surface area contributed by atoms with Gasteiger partial charge in [-0.1, -0.05) is 70.7 Å². The topological polar surface area (TPSA) is 29.4 Å². The third-order valence-electron chi connectivity index (χ3n) is 10.4. The van der Waals surface area contributed by atoms with Crippen molar-refractivity contribution in [3.05, 3.63) is 16.6 Å². The Morgan fingerprint density at radius 3 is 2.55 bits per heavy atom. The van der Waals surface area contributed by atoms with Gasteiger partial charge in [-0.15, -0.1) is 0 Å². The average molecular weight is 400 g/mol. The quantitative estimate of drug-likeness (QED) is 0.327. The van der Waals surface area contributed by atoms with Gasteiger partial charge < -0.3 is 0 Å². The van der Waals surface area contributed by atoms with Crippen LogP contribution in [-0.4, -0.2) is 6.04 Å². The molecule has 0 bridgehead atoms. The standard InChI is InChI=1S/C27H45NO/c1-18(2)7-6-8-19(3)23-11-12-24-22-10-9-20-17-21(28-29)13-15-26(20,4)25(22)14-16-27(23,24)5/h9,18-19,21-25H,6-8,10-17H2,1-5H3. The van der Waals surface area contributed by atoms with Gasteiger partial charge in [0.2, 0.25) is 0 Å². The number of rotatable bonds is 6. The number of fused-ring (bicyclic) bond motifs is 5. The molecule has 2 heteroatoms.